The summed E-state index contributed by atoms with van der Waals surface area (Å²) in [6.07, 6.45) is 0. The van der Waals surface area contributed by atoms with E-state index in [1.165, 1.54) is 29.5 Å². The molecule has 2 aliphatic rings. The predicted molar refractivity (Wildman–Crippen MR) is 100 cm³/mol. The number of hydrogen-bond donors (Lipinski definition) is 0. The van der Waals surface area contributed by atoms with Crippen molar-refractivity contribution in [1.29, 1.82) is 0 Å². The second-order valence-electron chi connectivity index (χ2n) is 7.69. The number of halogens is 3. The van der Waals surface area contributed by atoms with Crippen LogP contribution in [0.1, 0.15) is 12.5 Å². The van der Waals surface area contributed by atoms with E-state index in [9.17, 15) is 18.0 Å². The van der Waals surface area contributed by atoms with Gasteiger partial charge in [-0.2, -0.15) is 0 Å². The number of fused-ring (bicyclic) bond motifs is 5. The first-order valence-electron chi connectivity index (χ1n) is 9.05. The summed E-state index contributed by atoms with van der Waals surface area (Å²) in [6, 6.07) is 1.41. The molecule has 27 heavy (non-hydrogen) atoms. The fourth-order valence-electron chi connectivity index (χ4n) is 4.35. The molecule has 0 N–H and O–H groups in total. The molecule has 2 aliphatic heterocycles. The number of hydrogen-bond acceptors (Lipinski definition) is 4. The molecule has 1 aromatic carbocycles. The van der Waals surface area contributed by atoms with Gasteiger partial charge in [0.25, 0.3) is 5.56 Å². The van der Waals surface area contributed by atoms with E-state index >= 15 is 0 Å². The van der Waals surface area contributed by atoms with Gasteiger partial charge in [-0.1, -0.05) is 0 Å². The van der Waals surface area contributed by atoms with Crippen molar-refractivity contribution in [1.82, 2.24) is 9.47 Å². The monoisotopic (exact) mass is 380 g/mol. The maximum atomic E-state index is 14.9. The Hall–Kier alpha value is -2.22. The van der Waals surface area contributed by atoms with E-state index in [2.05, 4.69) is 11.8 Å². The average molecular weight is 380 g/mol. The van der Waals surface area contributed by atoms with E-state index in [1.807, 2.05) is 11.9 Å². The third-order valence-electron chi connectivity index (χ3n) is 6.08. The van der Waals surface area contributed by atoms with Crippen LogP contribution in [0.3, 0.4) is 0 Å². The Morgan fingerprint density at radius 1 is 1.15 bits per heavy atom. The van der Waals surface area contributed by atoms with Crippen LogP contribution in [-0.4, -0.2) is 55.0 Å². The van der Waals surface area contributed by atoms with Gasteiger partial charge in [0, 0.05) is 43.7 Å². The number of rotatable bonds is 1. The second kappa shape index (κ2) is 6.15. The van der Waals surface area contributed by atoms with Crippen LogP contribution >= 0.6 is 0 Å². The standard InChI is InChI=1S/C19H23F3N4O/c1-10-6-26-12(7-23(10)3)8-25(9-20)18-17(26)13-5-14(21)11(2)15(22)16(13)24(4)19(18)27/h5,10,12H,6-9H2,1-4H3. The summed E-state index contributed by atoms with van der Waals surface area (Å²) in [5, 5.41) is 0.313. The highest BCUT2D eigenvalue weighted by Gasteiger charge is 2.40. The molecule has 0 spiro atoms. The molecular weight excluding hydrogens is 357 g/mol. The molecule has 8 heteroatoms. The van der Waals surface area contributed by atoms with Crippen molar-refractivity contribution in [3.8, 4) is 0 Å². The molecule has 2 aromatic rings. The largest absolute Gasteiger partial charge is 0.362 e. The Morgan fingerprint density at radius 3 is 2.52 bits per heavy atom. The number of pyridine rings is 1. The lowest BCUT2D eigenvalue weighted by molar-refractivity contribution is 0.196. The zero-order chi connectivity index (χ0) is 19.6. The lowest BCUT2D eigenvalue weighted by Gasteiger charge is -2.50. The molecule has 0 saturated carbocycles. The molecule has 5 nitrogen and oxygen atoms in total. The smallest absolute Gasteiger partial charge is 0.276 e. The van der Waals surface area contributed by atoms with Crippen molar-refractivity contribution in [2.24, 2.45) is 7.05 Å². The topological polar surface area (TPSA) is 31.7 Å². The highest BCUT2D eigenvalue weighted by Crippen LogP contribution is 2.41. The Morgan fingerprint density at radius 2 is 1.85 bits per heavy atom. The summed E-state index contributed by atoms with van der Waals surface area (Å²) in [7, 11) is 3.45. The minimum atomic E-state index is -0.825. The maximum absolute atomic E-state index is 14.9. The van der Waals surface area contributed by atoms with E-state index in [1.54, 1.807) is 0 Å². The Balaban J connectivity index is 2.10. The fraction of sp³-hybridized carbons (Fsp3) is 0.526. The molecule has 2 atom stereocenters. The van der Waals surface area contributed by atoms with E-state index in [0.29, 0.717) is 30.7 Å². The Bertz CT molecular complexity index is 990. The molecule has 0 amide bonds. The quantitative estimate of drug-likeness (QED) is 0.711. The molecule has 1 fully saturated rings. The summed E-state index contributed by atoms with van der Waals surface area (Å²) >= 11 is 0. The van der Waals surface area contributed by atoms with Crippen LogP contribution in [0, 0.1) is 18.6 Å². The van der Waals surface area contributed by atoms with E-state index in [4.69, 9.17) is 0 Å². The fourth-order valence-corrected chi connectivity index (χ4v) is 4.35. The van der Waals surface area contributed by atoms with E-state index in [-0.39, 0.29) is 28.9 Å². The van der Waals surface area contributed by atoms with Crippen molar-refractivity contribution in [2.45, 2.75) is 25.9 Å². The van der Waals surface area contributed by atoms with Crippen LogP contribution in [0.4, 0.5) is 24.5 Å². The number of anilines is 2. The van der Waals surface area contributed by atoms with E-state index < -0.39 is 24.0 Å². The van der Waals surface area contributed by atoms with Crippen molar-refractivity contribution in [3.63, 3.8) is 0 Å². The molecule has 0 bridgehead atoms. The lowest BCUT2D eigenvalue weighted by Crippen LogP contribution is -2.62. The predicted octanol–water partition coefficient (Wildman–Crippen LogP) is 2.38. The summed E-state index contributed by atoms with van der Waals surface area (Å²) in [4.78, 5) is 18.6. The maximum Gasteiger partial charge on any atom is 0.276 e. The molecule has 4 rings (SSSR count). The normalized spacial score (nSPS) is 22.9. The summed E-state index contributed by atoms with van der Waals surface area (Å²) < 4.78 is 44.3. The summed E-state index contributed by atoms with van der Waals surface area (Å²) in [5.74, 6) is -1.42. The number of alkyl halides is 1. The van der Waals surface area contributed by atoms with Crippen LogP contribution in [0.5, 0.6) is 0 Å². The van der Waals surface area contributed by atoms with Crippen LogP contribution in [0.2, 0.25) is 0 Å². The third-order valence-corrected chi connectivity index (χ3v) is 6.08. The minimum absolute atomic E-state index is 0.0582. The van der Waals surface area contributed by atoms with Gasteiger partial charge >= 0.3 is 0 Å². The number of aromatic nitrogens is 1. The van der Waals surface area contributed by atoms with Gasteiger partial charge in [0.2, 0.25) is 0 Å². The number of benzene rings is 1. The van der Waals surface area contributed by atoms with Crippen molar-refractivity contribution in [3.05, 3.63) is 33.6 Å². The second-order valence-corrected chi connectivity index (χ2v) is 7.69. The summed E-state index contributed by atoms with van der Waals surface area (Å²) in [6.45, 7) is 4.24. The van der Waals surface area contributed by atoms with Gasteiger partial charge in [0.15, 0.2) is 12.6 Å². The van der Waals surface area contributed by atoms with Gasteiger partial charge in [-0.15, -0.1) is 0 Å². The van der Waals surface area contributed by atoms with Gasteiger partial charge in [0.05, 0.1) is 17.2 Å². The molecule has 146 valence electrons. The molecule has 1 aromatic heterocycles. The van der Waals surface area contributed by atoms with Crippen LogP contribution < -0.4 is 15.4 Å². The zero-order valence-electron chi connectivity index (χ0n) is 15.9. The number of nitrogens with zero attached hydrogens (tertiary/aromatic N) is 4. The first kappa shape index (κ1) is 18.2. The Labute approximate surface area is 155 Å². The lowest BCUT2D eigenvalue weighted by atomic mass is 9.98. The van der Waals surface area contributed by atoms with E-state index in [0.717, 1.165) is 0 Å². The SMILES string of the molecule is Cc1c(F)cc2c3c(c(=O)n(C)c2c1F)N(CF)CC1CN(C)C(C)CN31. The molecule has 3 heterocycles. The molecule has 0 radical (unpaired) electrons. The molecular formula is C19H23F3N4O. The average Bonchev–Trinajstić information content (AvgIpc) is 2.63. The highest BCUT2D eigenvalue weighted by molar-refractivity contribution is 6.00. The minimum Gasteiger partial charge on any atom is -0.362 e. The summed E-state index contributed by atoms with van der Waals surface area (Å²) in [5.41, 5.74) is 0.0931. The Kier molecular flexibility index (Phi) is 4.14. The van der Waals surface area contributed by atoms with Gasteiger partial charge in [-0.25, -0.2) is 13.2 Å². The molecule has 0 aliphatic carbocycles. The highest BCUT2D eigenvalue weighted by atomic mass is 19.1. The zero-order valence-corrected chi connectivity index (χ0v) is 15.9. The first-order valence-corrected chi connectivity index (χ1v) is 9.05. The van der Waals surface area contributed by atoms with Crippen molar-refractivity contribution >= 4 is 22.3 Å². The van der Waals surface area contributed by atoms with Gasteiger partial charge in [0.1, 0.15) is 11.5 Å². The van der Waals surface area contributed by atoms with Crippen LogP contribution in [-0.2, 0) is 7.05 Å². The number of likely N-dealkylation sites (N-methyl/N-ethyl adjacent to an activating group) is 1. The third kappa shape index (κ3) is 2.46. The molecule has 1 saturated heterocycles. The van der Waals surface area contributed by atoms with Crippen LogP contribution in [0.15, 0.2) is 10.9 Å². The number of aryl methyl sites for hydroxylation is 1. The van der Waals surface area contributed by atoms with Gasteiger partial charge < -0.3 is 14.4 Å². The van der Waals surface area contributed by atoms with Crippen molar-refractivity contribution < 1.29 is 13.2 Å². The van der Waals surface area contributed by atoms with Gasteiger partial charge in [-0.3, -0.25) is 9.69 Å². The van der Waals surface area contributed by atoms with Crippen LogP contribution in [0.25, 0.3) is 10.9 Å². The first-order chi connectivity index (χ1) is 12.8. The molecule has 2 unspecified atom stereocenters. The van der Waals surface area contributed by atoms with Crippen molar-refractivity contribution in [2.75, 3.05) is 43.3 Å². The van der Waals surface area contributed by atoms with Gasteiger partial charge in [-0.05, 0) is 27.0 Å². The number of piperazine rings is 1.